The third-order valence-electron chi connectivity index (χ3n) is 7.07. The fourth-order valence-electron chi connectivity index (χ4n) is 5.73. The Labute approximate surface area is 215 Å². The maximum Gasteiger partial charge on any atom is -0.147 e. The molecule has 2 unspecified atom stereocenters. The second-order valence-corrected chi connectivity index (χ2v) is 35.0. The van der Waals surface area contributed by atoms with Gasteiger partial charge < -0.3 is 0 Å². The first kappa shape index (κ1) is 27.8. The topological polar surface area (TPSA) is 0 Å². The van der Waals surface area contributed by atoms with Gasteiger partial charge in [0.1, 0.15) is 0 Å². The summed E-state index contributed by atoms with van der Waals surface area (Å²) >= 11 is -2.11. The molecule has 2 aliphatic carbocycles. The van der Waals surface area contributed by atoms with Crippen LogP contribution in [0.3, 0.4) is 0 Å². The van der Waals surface area contributed by atoms with Crippen molar-refractivity contribution in [2.24, 2.45) is 0 Å². The molecule has 2 atom stereocenters. The number of hydrogen-bond donors (Lipinski definition) is 0. The molecule has 0 aliphatic heterocycles. The van der Waals surface area contributed by atoms with Gasteiger partial charge >= 0.3 is 192 Å². The zero-order valence-electron chi connectivity index (χ0n) is 20.7. The minimum Gasteiger partial charge on any atom is -0.147 e. The van der Waals surface area contributed by atoms with E-state index in [1.807, 2.05) is 0 Å². The number of benzene rings is 2. The van der Waals surface area contributed by atoms with Crippen molar-refractivity contribution in [3.05, 3.63) is 80.9 Å². The van der Waals surface area contributed by atoms with Crippen LogP contribution in [0.5, 0.6) is 0 Å². The van der Waals surface area contributed by atoms with Gasteiger partial charge in [0.05, 0.1) is 0 Å². The average Bonchev–Trinajstić information content (AvgIpc) is 3.18. The molecule has 0 heterocycles. The van der Waals surface area contributed by atoms with Gasteiger partial charge in [0.25, 0.3) is 0 Å². The molecule has 2 aromatic carbocycles. The van der Waals surface area contributed by atoms with Crippen LogP contribution in [0.2, 0.25) is 13.1 Å². The molecule has 2 aliphatic rings. The third-order valence-corrected chi connectivity index (χ3v) is 35.4. The summed E-state index contributed by atoms with van der Waals surface area (Å²) in [4.78, 5) is 0. The molecule has 0 N–H and O–H groups in total. The summed E-state index contributed by atoms with van der Waals surface area (Å²) in [6.45, 7) is 19.5. The molecule has 0 nitrogen and oxygen atoms in total. The average molecular weight is 652 g/mol. The van der Waals surface area contributed by atoms with Crippen LogP contribution in [0.15, 0.2) is 47.5 Å². The van der Waals surface area contributed by atoms with Crippen molar-refractivity contribution < 1.29 is 20.1 Å². The van der Waals surface area contributed by atoms with Crippen molar-refractivity contribution in [3.8, 4) is 0 Å². The maximum absolute atomic E-state index is 2.63. The van der Waals surface area contributed by atoms with Gasteiger partial charge in [-0.25, -0.2) is 0 Å². The van der Waals surface area contributed by atoms with E-state index in [0.29, 0.717) is 11.8 Å². The summed E-state index contributed by atoms with van der Waals surface area (Å²) in [6, 6.07) is 14.3. The molecular weight excluding hydrogens is 614 g/mol. The van der Waals surface area contributed by atoms with E-state index >= 15 is 0 Å². The van der Waals surface area contributed by atoms with Crippen LogP contribution in [0, 0.1) is 0 Å². The van der Waals surface area contributed by atoms with Crippen molar-refractivity contribution in [1.29, 1.82) is 0 Å². The summed E-state index contributed by atoms with van der Waals surface area (Å²) in [6.07, 6.45) is 5.12. The van der Waals surface area contributed by atoms with Gasteiger partial charge in [0.15, 0.2) is 0 Å². The zero-order chi connectivity index (χ0) is 21.7. The van der Waals surface area contributed by atoms with E-state index in [0.717, 1.165) is 7.35 Å². The van der Waals surface area contributed by atoms with Gasteiger partial charge in [0, 0.05) is 0 Å². The van der Waals surface area contributed by atoms with E-state index in [2.05, 4.69) is 103 Å². The Balaban J connectivity index is 0.00000181. The van der Waals surface area contributed by atoms with E-state index in [-0.39, 0.29) is 30.3 Å². The van der Waals surface area contributed by atoms with E-state index in [9.17, 15) is 0 Å². The molecule has 4 rings (SSSR count). The Hall–Kier alpha value is -0.413. The number of allylic oxidation sites excluding steroid dienone is 2. The van der Waals surface area contributed by atoms with Crippen LogP contribution in [-0.2, 0) is 20.1 Å². The van der Waals surface area contributed by atoms with E-state index in [1.54, 1.807) is 44.5 Å². The molecule has 0 saturated carbocycles. The fourth-order valence-corrected chi connectivity index (χ4v) is 35.1. The van der Waals surface area contributed by atoms with Crippen molar-refractivity contribution in [2.45, 2.75) is 73.8 Å². The standard InChI is InChI=1S/2C13H15.C2H6Si.2ClH.Hf/c2*1-9(2)12-6-4-5-11-7-10(3)8-13(11)12;1-3-2;;;/h2*4-9H,1-3H3;1-2H3;2*1H;. The first-order valence-corrected chi connectivity index (χ1v) is 23.5. The van der Waals surface area contributed by atoms with Crippen molar-refractivity contribution in [2.75, 3.05) is 0 Å². The van der Waals surface area contributed by atoms with E-state index in [1.165, 1.54) is 0 Å². The van der Waals surface area contributed by atoms with Crippen LogP contribution in [0.25, 0.3) is 12.2 Å². The van der Waals surface area contributed by atoms with E-state index in [4.69, 9.17) is 0 Å². The van der Waals surface area contributed by atoms with Gasteiger partial charge in [-0.1, -0.05) is 0 Å². The Bertz CT molecular complexity index is 1020. The van der Waals surface area contributed by atoms with Crippen LogP contribution in [0.4, 0.5) is 0 Å². The second kappa shape index (κ2) is 10.9. The summed E-state index contributed by atoms with van der Waals surface area (Å²) in [5.41, 5.74) is 12.6. The molecule has 4 heteroatoms. The van der Waals surface area contributed by atoms with Gasteiger partial charge in [0.2, 0.25) is 0 Å². The number of rotatable bonds is 4. The summed E-state index contributed by atoms with van der Waals surface area (Å²) < 4.78 is 1.52. The van der Waals surface area contributed by atoms with Crippen LogP contribution >= 0.6 is 24.8 Å². The van der Waals surface area contributed by atoms with Crippen molar-refractivity contribution in [3.63, 3.8) is 0 Å². The Morgan fingerprint density at radius 2 is 1.06 bits per heavy atom. The Morgan fingerprint density at radius 1 is 0.688 bits per heavy atom. The molecule has 0 fully saturated rings. The molecule has 32 heavy (non-hydrogen) atoms. The van der Waals surface area contributed by atoms with Crippen LogP contribution < -0.4 is 0 Å². The van der Waals surface area contributed by atoms with Gasteiger partial charge in [-0.2, -0.15) is 0 Å². The smallest absolute Gasteiger partial charge is 0.147 e. The fraction of sp³-hybridized carbons (Fsp3) is 0.429. The zero-order valence-corrected chi connectivity index (χ0v) is 27.0. The van der Waals surface area contributed by atoms with Crippen molar-refractivity contribution in [1.82, 2.24) is 0 Å². The minimum atomic E-state index is -2.11. The maximum atomic E-state index is 2.63. The molecular formula is C28H38Cl2HfSi. The van der Waals surface area contributed by atoms with Gasteiger partial charge in [-0.15, -0.1) is 24.8 Å². The molecule has 0 saturated heterocycles. The third kappa shape index (κ3) is 4.72. The SMILES string of the molecule is CC1=Cc2c(C(C)C)cccc2[CH]1[Hf]([CH]1C(C)=Cc2c(C(C)C)cccc21)=[Si](C)C.Cl.Cl. The number of hydrogen-bond acceptors (Lipinski definition) is 0. The molecule has 0 radical (unpaired) electrons. The minimum absolute atomic E-state index is 0. The monoisotopic (exact) mass is 652 g/mol. The second-order valence-electron chi connectivity index (χ2n) is 10.1. The summed E-state index contributed by atoms with van der Waals surface area (Å²) in [7, 11) is 0. The van der Waals surface area contributed by atoms with Crippen LogP contribution in [-0.4, -0.2) is 5.49 Å². The molecule has 2 aromatic rings. The van der Waals surface area contributed by atoms with E-state index < -0.39 is 20.1 Å². The normalized spacial score (nSPS) is 18.4. The summed E-state index contributed by atoms with van der Waals surface area (Å²) in [5, 5.41) is 0. The van der Waals surface area contributed by atoms with Crippen molar-refractivity contribution >= 4 is 42.5 Å². The van der Waals surface area contributed by atoms with Gasteiger partial charge in [-0.3, -0.25) is 0 Å². The molecule has 0 aromatic heterocycles. The Morgan fingerprint density at radius 3 is 1.38 bits per heavy atom. The predicted molar refractivity (Wildman–Crippen MR) is 146 cm³/mol. The largest absolute Gasteiger partial charge is 0.147 e. The first-order valence-electron chi connectivity index (χ1n) is 11.5. The summed E-state index contributed by atoms with van der Waals surface area (Å²) in [5.74, 6) is 1.18. The predicted octanol–water partition coefficient (Wildman–Crippen LogP) is 9.26. The molecule has 0 amide bonds. The van der Waals surface area contributed by atoms with Gasteiger partial charge in [-0.05, 0) is 0 Å². The molecule has 0 spiro atoms. The Kier molecular flexibility index (Phi) is 9.47. The number of halogens is 2. The number of fused-ring (bicyclic) bond motifs is 2. The molecule has 0 bridgehead atoms. The first-order chi connectivity index (χ1) is 14.2. The van der Waals surface area contributed by atoms with Crippen LogP contribution in [0.1, 0.15) is 94.1 Å². The quantitative estimate of drug-likeness (QED) is 0.289. The molecule has 172 valence electrons.